The quantitative estimate of drug-likeness (QED) is 0.779. The van der Waals surface area contributed by atoms with E-state index in [1.165, 1.54) is 10.9 Å². The summed E-state index contributed by atoms with van der Waals surface area (Å²) in [6, 6.07) is 8.29. The SMILES string of the molecule is NC12CCC(c3nc(Cc4c[nH]c5ccccc45)no3)(CC1)C2. The first-order chi connectivity index (χ1) is 11.2. The number of rotatable bonds is 3. The molecule has 0 unspecified atom stereocenters. The lowest BCUT2D eigenvalue weighted by atomic mass is 9.84. The smallest absolute Gasteiger partial charge is 0.232 e. The number of aromatic nitrogens is 3. The average Bonchev–Trinajstić information content (AvgIpc) is 3.30. The normalized spacial score (nSPS) is 29.6. The van der Waals surface area contributed by atoms with Gasteiger partial charge in [-0.05, 0) is 43.7 Å². The molecule has 0 aliphatic heterocycles. The van der Waals surface area contributed by atoms with Crippen LogP contribution in [0, 0.1) is 0 Å². The summed E-state index contributed by atoms with van der Waals surface area (Å²) in [5.74, 6) is 1.57. The van der Waals surface area contributed by atoms with E-state index in [-0.39, 0.29) is 11.0 Å². The van der Waals surface area contributed by atoms with E-state index in [1.807, 2.05) is 12.3 Å². The van der Waals surface area contributed by atoms with Crippen molar-refractivity contribution in [2.45, 2.75) is 49.5 Å². The molecule has 2 saturated carbocycles. The first kappa shape index (κ1) is 13.3. The van der Waals surface area contributed by atoms with Crippen LogP contribution in [0.2, 0.25) is 0 Å². The second kappa shape index (κ2) is 4.45. The van der Waals surface area contributed by atoms with Crippen LogP contribution >= 0.6 is 0 Å². The molecule has 0 radical (unpaired) electrons. The summed E-state index contributed by atoms with van der Waals surface area (Å²) < 4.78 is 5.65. The van der Waals surface area contributed by atoms with Crippen molar-refractivity contribution in [1.29, 1.82) is 0 Å². The van der Waals surface area contributed by atoms with Gasteiger partial charge < -0.3 is 15.2 Å². The number of fused-ring (bicyclic) bond motifs is 3. The Morgan fingerprint density at radius 1 is 1.17 bits per heavy atom. The third-order valence-electron chi connectivity index (χ3n) is 5.84. The molecule has 5 heteroatoms. The van der Waals surface area contributed by atoms with Crippen LogP contribution in [-0.2, 0) is 11.8 Å². The summed E-state index contributed by atoms with van der Waals surface area (Å²) in [5, 5.41) is 5.46. The summed E-state index contributed by atoms with van der Waals surface area (Å²) in [6.07, 6.45) is 8.04. The summed E-state index contributed by atoms with van der Waals surface area (Å²) in [6.45, 7) is 0. The molecule has 2 aromatic heterocycles. The fourth-order valence-electron chi connectivity index (χ4n) is 4.53. The van der Waals surface area contributed by atoms with Crippen LogP contribution in [0.5, 0.6) is 0 Å². The molecule has 0 amide bonds. The van der Waals surface area contributed by atoms with E-state index in [0.29, 0.717) is 6.42 Å². The van der Waals surface area contributed by atoms with Gasteiger partial charge in [0.15, 0.2) is 5.82 Å². The summed E-state index contributed by atoms with van der Waals surface area (Å²) >= 11 is 0. The van der Waals surface area contributed by atoms with E-state index in [0.717, 1.165) is 49.3 Å². The van der Waals surface area contributed by atoms with Crippen molar-refractivity contribution in [2.24, 2.45) is 5.73 Å². The predicted octanol–water partition coefficient (Wildman–Crippen LogP) is 3.05. The Bertz CT molecular complexity index is 870. The Morgan fingerprint density at radius 2 is 2.00 bits per heavy atom. The summed E-state index contributed by atoms with van der Waals surface area (Å²) in [5.41, 5.74) is 8.80. The molecule has 0 saturated heterocycles. The fourth-order valence-corrected chi connectivity index (χ4v) is 4.53. The van der Waals surface area contributed by atoms with Gasteiger partial charge in [0.1, 0.15) is 0 Å². The molecule has 2 fully saturated rings. The number of H-pyrrole nitrogens is 1. The van der Waals surface area contributed by atoms with Gasteiger partial charge in [0.05, 0.1) is 5.41 Å². The molecular weight excluding hydrogens is 288 g/mol. The number of hydrogen-bond donors (Lipinski definition) is 2. The third-order valence-corrected chi connectivity index (χ3v) is 5.84. The van der Waals surface area contributed by atoms with Gasteiger partial charge in [0, 0.05) is 29.1 Å². The number of nitrogens with two attached hydrogens (primary N) is 1. The second-order valence-corrected chi connectivity index (χ2v) is 7.37. The van der Waals surface area contributed by atoms with Crippen molar-refractivity contribution < 1.29 is 4.52 Å². The topological polar surface area (TPSA) is 80.7 Å². The Balaban J connectivity index is 1.44. The number of hydrogen-bond acceptors (Lipinski definition) is 4. The minimum atomic E-state index is 0.00543. The lowest BCUT2D eigenvalue weighted by molar-refractivity contribution is 0.276. The number of para-hydroxylation sites is 1. The molecule has 5 nitrogen and oxygen atoms in total. The maximum Gasteiger partial charge on any atom is 0.232 e. The van der Waals surface area contributed by atoms with Gasteiger partial charge in [-0.15, -0.1) is 0 Å². The van der Waals surface area contributed by atoms with Crippen LogP contribution in [0.25, 0.3) is 10.9 Å². The number of nitrogens with zero attached hydrogens (tertiary/aromatic N) is 2. The van der Waals surface area contributed by atoms with E-state index in [9.17, 15) is 0 Å². The van der Waals surface area contributed by atoms with E-state index in [4.69, 9.17) is 15.2 Å². The highest BCUT2D eigenvalue weighted by atomic mass is 16.5. The van der Waals surface area contributed by atoms with Crippen molar-refractivity contribution >= 4 is 10.9 Å². The zero-order valence-electron chi connectivity index (χ0n) is 13.0. The molecule has 0 atom stereocenters. The summed E-state index contributed by atoms with van der Waals surface area (Å²) in [7, 11) is 0. The number of aromatic amines is 1. The minimum absolute atomic E-state index is 0.00543. The minimum Gasteiger partial charge on any atom is -0.361 e. The van der Waals surface area contributed by atoms with Gasteiger partial charge in [0.25, 0.3) is 0 Å². The van der Waals surface area contributed by atoms with Crippen LogP contribution in [0.3, 0.4) is 0 Å². The van der Waals surface area contributed by atoms with Gasteiger partial charge in [-0.25, -0.2) is 0 Å². The zero-order valence-corrected chi connectivity index (χ0v) is 13.0. The van der Waals surface area contributed by atoms with Gasteiger partial charge >= 0.3 is 0 Å². The maximum atomic E-state index is 6.41. The lowest BCUT2D eigenvalue weighted by Gasteiger charge is -2.22. The number of benzene rings is 1. The first-order valence-corrected chi connectivity index (χ1v) is 8.33. The molecule has 2 heterocycles. The molecule has 2 bridgehead atoms. The van der Waals surface area contributed by atoms with Crippen molar-refractivity contribution in [3.8, 4) is 0 Å². The van der Waals surface area contributed by atoms with Crippen LogP contribution < -0.4 is 5.73 Å². The monoisotopic (exact) mass is 308 g/mol. The number of nitrogens with one attached hydrogen (secondary N) is 1. The van der Waals surface area contributed by atoms with E-state index >= 15 is 0 Å². The maximum absolute atomic E-state index is 6.41. The van der Waals surface area contributed by atoms with Crippen molar-refractivity contribution in [3.63, 3.8) is 0 Å². The molecule has 5 rings (SSSR count). The molecule has 3 aromatic rings. The molecule has 1 aromatic carbocycles. The van der Waals surface area contributed by atoms with Gasteiger partial charge in [0.2, 0.25) is 5.89 Å². The fraction of sp³-hybridized carbons (Fsp3) is 0.444. The Labute approximate surface area is 134 Å². The van der Waals surface area contributed by atoms with E-state index in [1.54, 1.807) is 0 Å². The van der Waals surface area contributed by atoms with Crippen LogP contribution in [0.4, 0.5) is 0 Å². The highest BCUT2D eigenvalue weighted by molar-refractivity contribution is 5.83. The van der Waals surface area contributed by atoms with Gasteiger partial charge in [-0.2, -0.15) is 4.98 Å². The Hall–Kier alpha value is -2.14. The highest BCUT2D eigenvalue weighted by Crippen LogP contribution is 2.55. The van der Waals surface area contributed by atoms with Crippen molar-refractivity contribution in [3.05, 3.63) is 47.7 Å². The van der Waals surface area contributed by atoms with Crippen LogP contribution in [0.1, 0.15) is 49.4 Å². The Kier molecular flexibility index (Phi) is 2.57. The summed E-state index contributed by atoms with van der Waals surface area (Å²) in [4.78, 5) is 8.03. The van der Waals surface area contributed by atoms with Crippen molar-refractivity contribution in [2.75, 3.05) is 0 Å². The van der Waals surface area contributed by atoms with Crippen molar-refractivity contribution in [1.82, 2.24) is 15.1 Å². The standard InChI is InChI=1S/C18H20N4O/c19-18-7-5-17(11-18,6-8-18)16-21-15(22-23-16)9-12-10-20-14-4-2-1-3-13(12)14/h1-4,10,20H,5-9,11,19H2. The largest absolute Gasteiger partial charge is 0.361 e. The lowest BCUT2D eigenvalue weighted by Crippen LogP contribution is -2.33. The third kappa shape index (κ3) is 1.96. The first-order valence-electron chi connectivity index (χ1n) is 8.33. The predicted molar refractivity (Wildman–Crippen MR) is 87.1 cm³/mol. The molecule has 2 aliphatic carbocycles. The Morgan fingerprint density at radius 3 is 2.78 bits per heavy atom. The second-order valence-electron chi connectivity index (χ2n) is 7.37. The van der Waals surface area contributed by atoms with E-state index in [2.05, 4.69) is 28.3 Å². The van der Waals surface area contributed by atoms with Crippen LogP contribution in [-0.4, -0.2) is 20.7 Å². The van der Waals surface area contributed by atoms with Crippen LogP contribution in [0.15, 0.2) is 35.0 Å². The van der Waals surface area contributed by atoms with E-state index < -0.39 is 0 Å². The molecule has 2 aliphatic rings. The molecule has 0 spiro atoms. The molecule has 23 heavy (non-hydrogen) atoms. The zero-order chi connectivity index (χ0) is 15.5. The average molecular weight is 308 g/mol. The molecular formula is C18H20N4O. The van der Waals surface area contributed by atoms with Gasteiger partial charge in [-0.3, -0.25) is 0 Å². The molecule has 118 valence electrons. The van der Waals surface area contributed by atoms with Gasteiger partial charge in [-0.1, -0.05) is 23.4 Å². The molecule has 3 N–H and O–H groups in total. The highest BCUT2D eigenvalue weighted by Gasteiger charge is 2.56.